The van der Waals surface area contributed by atoms with E-state index < -0.39 is 5.69 Å². The number of para-hydroxylation sites is 1. The first kappa shape index (κ1) is 16.7. The number of benzene rings is 2. The molecule has 25 heavy (non-hydrogen) atoms. The summed E-state index contributed by atoms with van der Waals surface area (Å²) in [6.45, 7) is 2.25. The molecule has 3 aromatic rings. The van der Waals surface area contributed by atoms with Gasteiger partial charge in [-0.1, -0.05) is 42.0 Å². The minimum Gasteiger partial charge on any atom is -0.350 e. The fourth-order valence-corrected chi connectivity index (χ4v) is 2.70. The quantitative estimate of drug-likeness (QED) is 0.780. The highest BCUT2D eigenvalue weighted by Crippen LogP contribution is 2.07. The van der Waals surface area contributed by atoms with Crippen molar-refractivity contribution in [3.05, 3.63) is 80.5 Å². The van der Waals surface area contributed by atoms with Gasteiger partial charge in [-0.3, -0.25) is 18.7 Å². The van der Waals surface area contributed by atoms with E-state index in [4.69, 9.17) is 0 Å². The summed E-state index contributed by atoms with van der Waals surface area (Å²) in [5, 5.41) is 3.22. The van der Waals surface area contributed by atoms with E-state index in [2.05, 4.69) is 5.32 Å². The van der Waals surface area contributed by atoms with Crippen molar-refractivity contribution in [2.24, 2.45) is 7.05 Å². The Kier molecular flexibility index (Phi) is 4.52. The van der Waals surface area contributed by atoms with Gasteiger partial charge in [-0.15, -0.1) is 0 Å². The molecule has 3 rings (SSSR count). The smallest absolute Gasteiger partial charge is 0.331 e. The maximum Gasteiger partial charge on any atom is 0.331 e. The maximum absolute atomic E-state index is 12.4. The SMILES string of the molecule is Cc1ccc(CNC(=O)Cn2c(=O)n(C)c(=O)c3ccccc32)cc1. The van der Waals surface area contributed by atoms with Gasteiger partial charge in [0, 0.05) is 13.6 Å². The molecule has 0 unspecified atom stereocenters. The van der Waals surface area contributed by atoms with Crippen molar-refractivity contribution < 1.29 is 4.79 Å². The van der Waals surface area contributed by atoms with E-state index in [-0.39, 0.29) is 18.0 Å². The summed E-state index contributed by atoms with van der Waals surface area (Å²) in [6.07, 6.45) is 0. The van der Waals surface area contributed by atoms with Gasteiger partial charge in [-0.25, -0.2) is 4.79 Å². The van der Waals surface area contributed by atoms with Crippen molar-refractivity contribution in [2.75, 3.05) is 0 Å². The van der Waals surface area contributed by atoms with E-state index in [0.717, 1.165) is 15.7 Å². The molecule has 128 valence electrons. The van der Waals surface area contributed by atoms with Crippen molar-refractivity contribution in [3.63, 3.8) is 0 Å². The zero-order valence-corrected chi connectivity index (χ0v) is 14.2. The van der Waals surface area contributed by atoms with Crippen LogP contribution in [-0.2, 0) is 24.9 Å². The molecule has 0 fully saturated rings. The Labute approximate surface area is 144 Å². The highest BCUT2D eigenvalue weighted by atomic mass is 16.2. The fourth-order valence-electron chi connectivity index (χ4n) is 2.70. The summed E-state index contributed by atoms with van der Waals surface area (Å²) >= 11 is 0. The Morgan fingerprint density at radius 3 is 2.44 bits per heavy atom. The Hall–Kier alpha value is -3.15. The normalized spacial score (nSPS) is 10.8. The predicted molar refractivity (Wildman–Crippen MR) is 96.5 cm³/mol. The molecule has 2 aromatic carbocycles. The Morgan fingerprint density at radius 1 is 1.04 bits per heavy atom. The lowest BCUT2D eigenvalue weighted by molar-refractivity contribution is -0.121. The number of carbonyl (C=O) groups is 1. The molecule has 0 atom stereocenters. The predicted octanol–water partition coefficient (Wildman–Crippen LogP) is 1.33. The number of hydrogen-bond acceptors (Lipinski definition) is 3. The third kappa shape index (κ3) is 3.38. The molecule has 0 aliphatic rings. The lowest BCUT2D eigenvalue weighted by atomic mass is 10.1. The molecule has 0 aliphatic heterocycles. The van der Waals surface area contributed by atoms with Crippen LogP contribution in [0.3, 0.4) is 0 Å². The summed E-state index contributed by atoms with van der Waals surface area (Å²) in [6, 6.07) is 14.6. The number of amides is 1. The first-order valence-corrected chi connectivity index (χ1v) is 7.98. The number of aromatic nitrogens is 2. The summed E-state index contributed by atoms with van der Waals surface area (Å²) in [7, 11) is 1.41. The van der Waals surface area contributed by atoms with Gasteiger partial charge < -0.3 is 5.32 Å². The van der Waals surface area contributed by atoms with Gasteiger partial charge in [-0.2, -0.15) is 0 Å². The van der Waals surface area contributed by atoms with E-state index in [0.29, 0.717) is 17.4 Å². The molecule has 1 aromatic heterocycles. The minimum atomic E-state index is -0.505. The number of nitrogens with one attached hydrogen (secondary N) is 1. The molecule has 0 bridgehead atoms. The second-order valence-corrected chi connectivity index (χ2v) is 6.01. The molecule has 0 aliphatic carbocycles. The van der Waals surface area contributed by atoms with Gasteiger partial charge in [0.05, 0.1) is 10.9 Å². The minimum absolute atomic E-state index is 0.140. The lowest BCUT2D eigenvalue weighted by Crippen LogP contribution is -2.41. The molecule has 1 heterocycles. The zero-order valence-electron chi connectivity index (χ0n) is 14.2. The number of hydrogen-bond donors (Lipinski definition) is 1. The third-order valence-corrected chi connectivity index (χ3v) is 4.16. The molecule has 6 nitrogen and oxygen atoms in total. The highest BCUT2D eigenvalue weighted by Gasteiger charge is 2.13. The van der Waals surface area contributed by atoms with E-state index in [9.17, 15) is 14.4 Å². The van der Waals surface area contributed by atoms with Crippen LogP contribution >= 0.6 is 0 Å². The summed E-state index contributed by atoms with van der Waals surface area (Å²) in [4.78, 5) is 36.9. The molecule has 0 spiro atoms. The summed E-state index contributed by atoms with van der Waals surface area (Å²) in [5.74, 6) is -0.286. The first-order chi connectivity index (χ1) is 12.0. The van der Waals surface area contributed by atoms with Crippen molar-refractivity contribution in [3.8, 4) is 0 Å². The van der Waals surface area contributed by atoms with Gasteiger partial charge in [-0.05, 0) is 24.6 Å². The average molecular weight is 337 g/mol. The Balaban J connectivity index is 1.85. The van der Waals surface area contributed by atoms with E-state index in [1.54, 1.807) is 24.3 Å². The van der Waals surface area contributed by atoms with Crippen LogP contribution < -0.4 is 16.6 Å². The molecule has 0 radical (unpaired) electrons. The van der Waals surface area contributed by atoms with Crippen LogP contribution in [0.25, 0.3) is 10.9 Å². The number of fused-ring (bicyclic) bond motifs is 1. The van der Waals surface area contributed by atoms with Crippen LogP contribution in [0.5, 0.6) is 0 Å². The largest absolute Gasteiger partial charge is 0.350 e. The van der Waals surface area contributed by atoms with Crippen LogP contribution in [0, 0.1) is 6.92 Å². The van der Waals surface area contributed by atoms with Crippen LogP contribution in [0.4, 0.5) is 0 Å². The topological polar surface area (TPSA) is 73.1 Å². The van der Waals surface area contributed by atoms with Crippen molar-refractivity contribution in [1.82, 2.24) is 14.5 Å². The molecular weight excluding hydrogens is 318 g/mol. The number of carbonyl (C=O) groups excluding carboxylic acids is 1. The van der Waals surface area contributed by atoms with Crippen LogP contribution in [-0.4, -0.2) is 15.0 Å². The summed E-state index contributed by atoms with van der Waals surface area (Å²) in [5.41, 5.74) is 1.72. The second-order valence-electron chi connectivity index (χ2n) is 6.01. The van der Waals surface area contributed by atoms with Gasteiger partial charge >= 0.3 is 5.69 Å². The number of nitrogens with zero attached hydrogens (tertiary/aromatic N) is 2. The second kappa shape index (κ2) is 6.76. The molecule has 6 heteroatoms. The van der Waals surface area contributed by atoms with Crippen LogP contribution in [0.1, 0.15) is 11.1 Å². The summed E-state index contributed by atoms with van der Waals surface area (Å²) < 4.78 is 2.34. The Morgan fingerprint density at radius 2 is 1.72 bits per heavy atom. The van der Waals surface area contributed by atoms with Crippen LogP contribution in [0.15, 0.2) is 58.1 Å². The molecule has 1 amide bonds. The molecular formula is C19H19N3O3. The standard InChI is InChI=1S/C19H19N3O3/c1-13-7-9-14(10-8-13)11-20-17(23)12-22-16-6-4-3-5-15(16)18(24)21(2)19(22)25/h3-10H,11-12H2,1-2H3,(H,20,23). The van der Waals surface area contributed by atoms with Gasteiger partial charge in [0.1, 0.15) is 6.54 Å². The highest BCUT2D eigenvalue weighted by molar-refractivity contribution is 5.81. The zero-order chi connectivity index (χ0) is 18.0. The monoisotopic (exact) mass is 337 g/mol. The lowest BCUT2D eigenvalue weighted by Gasteiger charge is -2.12. The molecule has 0 saturated carbocycles. The van der Waals surface area contributed by atoms with E-state index >= 15 is 0 Å². The van der Waals surface area contributed by atoms with Gasteiger partial charge in [0.15, 0.2) is 0 Å². The Bertz CT molecular complexity index is 1050. The molecule has 0 saturated heterocycles. The van der Waals surface area contributed by atoms with E-state index in [1.807, 2.05) is 31.2 Å². The third-order valence-electron chi connectivity index (χ3n) is 4.16. The first-order valence-electron chi connectivity index (χ1n) is 7.98. The van der Waals surface area contributed by atoms with Gasteiger partial charge in [0.2, 0.25) is 5.91 Å². The maximum atomic E-state index is 12.4. The van der Waals surface area contributed by atoms with E-state index in [1.165, 1.54) is 11.6 Å². The average Bonchev–Trinajstić information content (AvgIpc) is 2.63. The van der Waals surface area contributed by atoms with Crippen molar-refractivity contribution in [1.29, 1.82) is 0 Å². The van der Waals surface area contributed by atoms with Gasteiger partial charge in [0.25, 0.3) is 5.56 Å². The fraction of sp³-hybridized carbons (Fsp3) is 0.211. The number of rotatable bonds is 4. The molecule has 1 N–H and O–H groups in total. The number of aryl methyl sites for hydroxylation is 1. The van der Waals surface area contributed by atoms with Crippen molar-refractivity contribution >= 4 is 16.8 Å². The van der Waals surface area contributed by atoms with Crippen molar-refractivity contribution in [2.45, 2.75) is 20.0 Å². The van der Waals surface area contributed by atoms with Crippen LogP contribution in [0.2, 0.25) is 0 Å².